The summed E-state index contributed by atoms with van der Waals surface area (Å²) in [6.07, 6.45) is 0. The van der Waals surface area contributed by atoms with Crippen molar-refractivity contribution in [2.45, 2.75) is 13.8 Å². The number of fused-ring (bicyclic) bond motifs is 2. The van der Waals surface area contributed by atoms with E-state index in [1.807, 2.05) is 0 Å². The van der Waals surface area contributed by atoms with Gasteiger partial charge in [-0.25, -0.2) is 19.6 Å². The van der Waals surface area contributed by atoms with E-state index in [1.165, 1.54) is 38.1 Å². The van der Waals surface area contributed by atoms with Gasteiger partial charge in [-0.3, -0.25) is 9.59 Å². The smallest absolute Gasteiger partial charge is 0.347 e. The van der Waals surface area contributed by atoms with Crippen molar-refractivity contribution in [1.82, 2.24) is 9.97 Å². The molecule has 178 valence electrons. The van der Waals surface area contributed by atoms with Crippen LogP contribution in [0.4, 0.5) is 0 Å². The fourth-order valence-corrected chi connectivity index (χ4v) is 3.56. The van der Waals surface area contributed by atoms with Crippen molar-refractivity contribution >= 4 is 33.7 Å². The average Bonchev–Trinajstić information content (AvgIpc) is 2.84. The molecule has 0 radical (unpaired) electrons. The summed E-state index contributed by atoms with van der Waals surface area (Å²) < 4.78 is 20.7. The van der Waals surface area contributed by atoms with Crippen LogP contribution < -0.4 is 20.7 Å². The molecule has 10 heteroatoms. The lowest BCUT2D eigenvalue weighted by atomic mass is 10.1. The minimum Gasteiger partial charge on any atom is -0.427 e. The Kier molecular flexibility index (Phi) is 5.61. The third-order valence-corrected chi connectivity index (χ3v) is 5.10. The maximum atomic E-state index is 12.5. The Morgan fingerprint density at radius 2 is 1.03 bits per heavy atom. The molecule has 0 amide bonds. The molecule has 0 atom stereocenters. The Bertz CT molecular complexity index is 1650. The predicted octanol–water partition coefficient (Wildman–Crippen LogP) is 3.87. The number of hydrogen-bond acceptors (Lipinski definition) is 10. The fraction of sp³-hybridized carbons (Fsp3) is 0.0769. The molecule has 0 aliphatic carbocycles. The molecule has 5 rings (SSSR count). The molecule has 0 N–H and O–H groups in total. The van der Waals surface area contributed by atoms with Gasteiger partial charge >= 0.3 is 23.2 Å². The minimum absolute atomic E-state index is 0.0882. The van der Waals surface area contributed by atoms with Gasteiger partial charge < -0.3 is 18.3 Å². The number of carbonyl (C=O) groups is 2. The van der Waals surface area contributed by atoms with Crippen molar-refractivity contribution in [3.63, 3.8) is 0 Å². The van der Waals surface area contributed by atoms with Crippen LogP contribution in [0.1, 0.15) is 13.8 Å². The molecular formula is C26H16N2O8. The van der Waals surface area contributed by atoms with Crippen LogP contribution in [0.5, 0.6) is 11.5 Å². The van der Waals surface area contributed by atoms with Crippen LogP contribution in [-0.2, 0) is 9.59 Å². The van der Waals surface area contributed by atoms with Crippen LogP contribution in [0.2, 0.25) is 0 Å². The number of carbonyl (C=O) groups excluding carboxylic acids is 2. The highest BCUT2D eigenvalue weighted by atomic mass is 16.5. The van der Waals surface area contributed by atoms with E-state index in [9.17, 15) is 19.2 Å². The molecular weight excluding hydrogens is 468 g/mol. The normalized spacial score (nSPS) is 10.9. The number of esters is 2. The van der Waals surface area contributed by atoms with E-state index in [0.717, 1.165) is 0 Å². The highest BCUT2D eigenvalue weighted by Crippen LogP contribution is 2.26. The monoisotopic (exact) mass is 484 g/mol. The van der Waals surface area contributed by atoms with Crippen LogP contribution in [0.15, 0.2) is 79.1 Å². The van der Waals surface area contributed by atoms with Gasteiger partial charge in [-0.15, -0.1) is 0 Å². The molecule has 0 bridgehead atoms. The van der Waals surface area contributed by atoms with Gasteiger partial charge in [-0.05, 0) is 60.7 Å². The Balaban J connectivity index is 1.47. The van der Waals surface area contributed by atoms with E-state index >= 15 is 0 Å². The lowest BCUT2D eigenvalue weighted by Crippen LogP contribution is -2.06. The summed E-state index contributed by atoms with van der Waals surface area (Å²) >= 11 is 0. The Hall–Kier alpha value is -5.12. The maximum absolute atomic E-state index is 12.5. The fourth-order valence-electron chi connectivity index (χ4n) is 3.56. The van der Waals surface area contributed by atoms with Crippen molar-refractivity contribution in [3.05, 3.63) is 81.5 Å². The number of hydrogen-bond donors (Lipinski definition) is 0. The zero-order chi connectivity index (χ0) is 25.4. The van der Waals surface area contributed by atoms with Gasteiger partial charge in [0.05, 0.1) is 21.8 Å². The quantitative estimate of drug-likeness (QED) is 0.273. The van der Waals surface area contributed by atoms with Crippen molar-refractivity contribution in [1.29, 1.82) is 0 Å². The van der Waals surface area contributed by atoms with Gasteiger partial charge in [-0.1, -0.05) is 0 Å². The van der Waals surface area contributed by atoms with E-state index < -0.39 is 23.2 Å². The van der Waals surface area contributed by atoms with E-state index in [2.05, 4.69) is 9.97 Å². The lowest BCUT2D eigenvalue weighted by molar-refractivity contribution is -0.132. The first-order chi connectivity index (χ1) is 17.3. The molecule has 0 spiro atoms. The highest BCUT2D eigenvalue weighted by molar-refractivity contribution is 5.83. The van der Waals surface area contributed by atoms with Crippen molar-refractivity contribution in [2.75, 3.05) is 0 Å². The largest absolute Gasteiger partial charge is 0.427 e. The second-order valence-corrected chi connectivity index (χ2v) is 7.74. The first-order valence-corrected chi connectivity index (χ1v) is 10.6. The lowest BCUT2D eigenvalue weighted by Gasteiger charge is -2.06. The van der Waals surface area contributed by atoms with Crippen LogP contribution in [0.25, 0.3) is 44.7 Å². The maximum Gasteiger partial charge on any atom is 0.347 e. The third-order valence-electron chi connectivity index (χ3n) is 5.10. The Morgan fingerprint density at radius 3 is 1.39 bits per heavy atom. The second kappa shape index (κ2) is 8.91. The van der Waals surface area contributed by atoms with E-state index in [1.54, 1.807) is 36.4 Å². The molecule has 0 unspecified atom stereocenters. The minimum atomic E-state index is -0.636. The molecule has 36 heavy (non-hydrogen) atoms. The summed E-state index contributed by atoms with van der Waals surface area (Å²) in [5.74, 6) is -0.407. The number of ether oxygens (including phenoxy) is 2. The van der Waals surface area contributed by atoms with E-state index in [-0.39, 0.29) is 34.1 Å². The van der Waals surface area contributed by atoms with Crippen LogP contribution in [-0.4, -0.2) is 21.9 Å². The van der Waals surface area contributed by atoms with Gasteiger partial charge in [0.1, 0.15) is 11.5 Å². The third kappa shape index (κ3) is 4.47. The molecule has 0 saturated carbocycles. The summed E-state index contributed by atoms with van der Waals surface area (Å²) in [5, 5.41) is 0.348. The first kappa shape index (κ1) is 22.7. The number of nitrogens with zero attached hydrogens (tertiary/aromatic N) is 2. The van der Waals surface area contributed by atoms with Gasteiger partial charge in [0, 0.05) is 25.0 Å². The number of benzene rings is 3. The van der Waals surface area contributed by atoms with Crippen LogP contribution in [0.3, 0.4) is 0 Å². The second-order valence-electron chi connectivity index (χ2n) is 7.74. The van der Waals surface area contributed by atoms with Gasteiger partial charge in [0.15, 0.2) is 0 Å². The predicted molar refractivity (Wildman–Crippen MR) is 128 cm³/mol. The van der Waals surface area contributed by atoms with Crippen LogP contribution >= 0.6 is 0 Å². The summed E-state index contributed by atoms with van der Waals surface area (Å²) in [7, 11) is 0. The van der Waals surface area contributed by atoms with E-state index in [4.69, 9.17) is 18.3 Å². The van der Waals surface area contributed by atoms with Crippen molar-refractivity contribution in [3.8, 4) is 34.4 Å². The summed E-state index contributed by atoms with van der Waals surface area (Å²) in [4.78, 5) is 56.1. The standard InChI is InChI=1S/C26H16N2O8/c1-13(29)33-17-7-9-21-19(11-17)25(31)35-23(27-21)15-3-5-16(6-4-15)24-28-22-10-8-18(34-14(2)30)12-20(22)26(32)36-24/h3-12H,1-2H3. The molecule has 3 aromatic carbocycles. The Labute approximate surface area is 201 Å². The molecule has 10 nitrogen and oxygen atoms in total. The van der Waals surface area contributed by atoms with E-state index in [0.29, 0.717) is 22.2 Å². The highest BCUT2D eigenvalue weighted by Gasteiger charge is 2.13. The van der Waals surface area contributed by atoms with Gasteiger partial charge in [-0.2, -0.15) is 0 Å². The molecule has 0 saturated heterocycles. The van der Waals surface area contributed by atoms with Gasteiger partial charge in [0.2, 0.25) is 11.8 Å². The van der Waals surface area contributed by atoms with Crippen molar-refractivity contribution in [2.24, 2.45) is 0 Å². The first-order valence-electron chi connectivity index (χ1n) is 10.6. The summed E-state index contributed by atoms with van der Waals surface area (Å²) in [6.45, 7) is 2.52. The Morgan fingerprint density at radius 1 is 0.639 bits per heavy atom. The zero-order valence-electron chi connectivity index (χ0n) is 18.9. The van der Waals surface area contributed by atoms with Gasteiger partial charge in [0.25, 0.3) is 0 Å². The topological polar surface area (TPSA) is 139 Å². The molecule has 2 aromatic heterocycles. The molecule has 0 fully saturated rings. The molecule has 2 heterocycles. The summed E-state index contributed by atoms with van der Waals surface area (Å²) in [5.41, 5.74) is 0.492. The van der Waals surface area contributed by atoms with Crippen molar-refractivity contribution < 1.29 is 27.9 Å². The summed E-state index contributed by atoms with van der Waals surface area (Å²) in [6, 6.07) is 15.6. The van der Waals surface area contributed by atoms with Crippen LogP contribution in [0, 0.1) is 0 Å². The molecule has 5 aromatic rings. The SMILES string of the molecule is CC(=O)Oc1ccc2nc(-c3ccc(-c4nc5ccc(OC(C)=O)cc5c(=O)o4)cc3)oc(=O)c2c1. The average molecular weight is 484 g/mol. The number of aromatic nitrogens is 2. The zero-order valence-corrected chi connectivity index (χ0v) is 18.9. The molecule has 0 aliphatic heterocycles. The number of rotatable bonds is 4. The molecule has 0 aliphatic rings.